The predicted molar refractivity (Wildman–Crippen MR) is 85.6 cm³/mol. The van der Waals surface area contributed by atoms with Crippen LogP contribution >= 0.6 is 15.9 Å². The summed E-state index contributed by atoms with van der Waals surface area (Å²) < 4.78 is 14.3. The normalized spacial score (nSPS) is 18.0. The molecule has 0 saturated carbocycles. The number of nitrogens with one attached hydrogen (secondary N) is 3. The lowest BCUT2D eigenvalue weighted by molar-refractivity contribution is -0.135. The van der Waals surface area contributed by atoms with E-state index < -0.39 is 29.6 Å². The molecule has 1 aliphatic heterocycles. The van der Waals surface area contributed by atoms with Crippen LogP contribution in [0.15, 0.2) is 22.7 Å². The molecule has 1 aromatic rings. The summed E-state index contributed by atoms with van der Waals surface area (Å²) in [7, 11) is 0. The van der Waals surface area contributed by atoms with Crippen molar-refractivity contribution in [1.29, 1.82) is 0 Å². The molecule has 1 atom stereocenters. The minimum absolute atomic E-state index is 0.0255. The van der Waals surface area contributed by atoms with Crippen molar-refractivity contribution in [2.24, 2.45) is 0 Å². The van der Waals surface area contributed by atoms with Gasteiger partial charge < -0.3 is 15.7 Å². The lowest BCUT2D eigenvalue weighted by atomic mass is 9.93. The van der Waals surface area contributed by atoms with Crippen LogP contribution in [0.4, 0.5) is 14.9 Å². The number of hydrazine groups is 1. The van der Waals surface area contributed by atoms with Crippen LogP contribution in [0.1, 0.15) is 26.7 Å². The van der Waals surface area contributed by atoms with Crippen LogP contribution < -0.4 is 16.1 Å². The Morgan fingerprint density at radius 2 is 2.04 bits per heavy atom. The molecule has 0 spiro atoms. The summed E-state index contributed by atoms with van der Waals surface area (Å²) in [6.45, 7) is 3.58. The number of aliphatic hydroxyl groups is 1. The number of benzene rings is 1. The molecule has 7 nitrogen and oxygen atoms in total. The van der Waals surface area contributed by atoms with E-state index >= 15 is 0 Å². The molecule has 1 aliphatic rings. The molecule has 0 bridgehead atoms. The second-order valence-corrected chi connectivity index (χ2v) is 6.08. The third kappa shape index (κ3) is 3.46. The number of carbonyl (C=O) groups is 2. The van der Waals surface area contributed by atoms with Crippen molar-refractivity contribution in [3.63, 3.8) is 0 Å². The molecule has 0 radical (unpaired) electrons. The molecule has 1 aromatic carbocycles. The Bertz CT molecular complexity index is 624. The van der Waals surface area contributed by atoms with E-state index in [9.17, 15) is 19.1 Å². The van der Waals surface area contributed by atoms with Crippen molar-refractivity contribution in [1.82, 2.24) is 15.8 Å². The average Bonchev–Trinajstić information content (AvgIpc) is 2.75. The third-order valence-corrected chi connectivity index (χ3v) is 4.34. The maximum atomic E-state index is 13.7. The number of urea groups is 1. The van der Waals surface area contributed by atoms with Crippen LogP contribution in [0.2, 0.25) is 0 Å². The molecule has 4 N–H and O–H groups in total. The van der Waals surface area contributed by atoms with Gasteiger partial charge in [-0.15, -0.1) is 0 Å². The van der Waals surface area contributed by atoms with Crippen LogP contribution in [0, 0.1) is 5.82 Å². The topological polar surface area (TPSA) is 93.7 Å². The van der Waals surface area contributed by atoms with E-state index in [2.05, 4.69) is 32.0 Å². The molecule has 126 valence electrons. The maximum Gasteiger partial charge on any atom is 0.339 e. The summed E-state index contributed by atoms with van der Waals surface area (Å²) >= 11 is 3.13. The SMILES string of the molecule is CCC1(CC)NC(=O)N(NC(O)Nc2ccc(Br)cc2F)C1=O. The Labute approximate surface area is 141 Å². The summed E-state index contributed by atoms with van der Waals surface area (Å²) in [4.78, 5) is 24.3. The highest BCUT2D eigenvalue weighted by molar-refractivity contribution is 9.10. The van der Waals surface area contributed by atoms with Crippen molar-refractivity contribution in [2.75, 3.05) is 5.32 Å². The molecule has 1 fully saturated rings. The zero-order valence-corrected chi connectivity index (χ0v) is 14.3. The van der Waals surface area contributed by atoms with Gasteiger partial charge in [-0.25, -0.2) is 9.18 Å². The first kappa shape index (κ1) is 17.6. The first-order valence-corrected chi connectivity index (χ1v) is 7.94. The lowest BCUT2D eigenvalue weighted by Crippen LogP contribution is -2.53. The first-order chi connectivity index (χ1) is 10.8. The minimum atomic E-state index is -1.52. The number of hydrogen-bond acceptors (Lipinski definition) is 5. The minimum Gasteiger partial charge on any atom is -0.360 e. The summed E-state index contributed by atoms with van der Waals surface area (Å²) in [5, 5.41) is 15.7. The van der Waals surface area contributed by atoms with Crippen molar-refractivity contribution < 1.29 is 19.1 Å². The number of amides is 3. The lowest BCUT2D eigenvalue weighted by Gasteiger charge is -2.24. The standard InChI is InChI=1S/C14H18BrFN4O3/c1-3-14(4-2)11(21)20(13(23)18-14)19-12(22)17-10-6-5-8(15)7-9(10)16/h5-7,12,17,19,22H,3-4H2,1-2H3,(H,18,23). The molecule has 1 heterocycles. The zero-order chi connectivity index (χ0) is 17.2. The monoisotopic (exact) mass is 388 g/mol. The van der Waals surface area contributed by atoms with E-state index in [1.165, 1.54) is 12.1 Å². The van der Waals surface area contributed by atoms with Crippen LogP contribution in [0.25, 0.3) is 0 Å². The maximum absolute atomic E-state index is 13.7. The number of imide groups is 1. The average molecular weight is 389 g/mol. The number of carbonyl (C=O) groups excluding carboxylic acids is 2. The number of aliphatic hydroxyl groups excluding tert-OH is 1. The van der Waals surface area contributed by atoms with E-state index in [4.69, 9.17) is 0 Å². The van der Waals surface area contributed by atoms with Crippen molar-refractivity contribution in [3.05, 3.63) is 28.5 Å². The van der Waals surface area contributed by atoms with Gasteiger partial charge in [0.2, 0.25) is 0 Å². The second-order valence-electron chi connectivity index (χ2n) is 5.16. The van der Waals surface area contributed by atoms with Gasteiger partial charge in [0, 0.05) is 4.47 Å². The van der Waals surface area contributed by atoms with Gasteiger partial charge in [0.05, 0.1) is 5.69 Å². The summed E-state index contributed by atoms with van der Waals surface area (Å²) in [5.41, 5.74) is 1.38. The molecule has 1 saturated heterocycles. The van der Waals surface area contributed by atoms with Crippen LogP contribution in [0.5, 0.6) is 0 Å². The smallest absolute Gasteiger partial charge is 0.339 e. The van der Waals surface area contributed by atoms with Crippen molar-refractivity contribution >= 4 is 33.6 Å². The Kier molecular flexibility index (Phi) is 5.23. The van der Waals surface area contributed by atoms with Gasteiger partial charge in [0.15, 0.2) is 6.35 Å². The van der Waals surface area contributed by atoms with Crippen molar-refractivity contribution in [2.45, 2.75) is 38.6 Å². The van der Waals surface area contributed by atoms with Crippen LogP contribution in [0.3, 0.4) is 0 Å². The quantitative estimate of drug-likeness (QED) is 0.441. The summed E-state index contributed by atoms with van der Waals surface area (Å²) in [6.07, 6.45) is -0.668. The van der Waals surface area contributed by atoms with Crippen LogP contribution in [-0.4, -0.2) is 33.9 Å². The molecular weight excluding hydrogens is 371 g/mol. The van der Waals surface area contributed by atoms with E-state index in [1.807, 2.05) is 0 Å². The Balaban J connectivity index is 2.07. The highest BCUT2D eigenvalue weighted by atomic mass is 79.9. The van der Waals surface area contributed by atoms with Crippen LogP contribution in [-0.2, 0) is 4.79 Å². The number of hydrogen-bond donors (Lipinski definition) is 4. The molecule has 23 heavy (non-hydrogen) atoms. The molecule has 9 heteroatoms. The van der Waals surface area contributed by atoms with Gasteiger partial charge in [0.1, 0.15) is 11.4 Å². The number of rotatable bonds is 6. The first-order valence-electron chi connectivity index (χ1n) is 7.15. The van der Waals surface area contributed by atoms with Gasteiger partial charge in [0.25, 0.3) is 5.91 Å². The molecule has 0 aromatic heterocycles. The van der Waals surface area contributed by atoms with E-state index in [-0.39, 0.29) is 5.69 Å². The van der Waals surface area contributed by atoms with Crippen molar-refractivity contribution in [3.8, 4) is 0 Å². The Hall–Kier alpha value is -1.71. The summed E-state index contributed by atoms with van der Waals surface area (Å²) in [6, 6.07) is 3.57. The zero-order valence-electron chi connectivity index (χ0n) is 12.7. The second kappa shape index (κ2) is 6.81. The Morgan fingerprint density at radius 1 is 1.39 bits per heavy atom. The third-order valence-electron chi connectivity index (χ3n) is 3.84. The molecule has 0 aliphatic carbocycles. The summed E-state index contributed by atoms with van der Waals surface area (Å²) in [5.74, 6) is -1.07. The molecular formula is C14H18BrFN4O3. The van der Waals surface area contributed by atoms with Gasteiger partial charge in [-0.2, -0.15) is 10.4 Å². The van der Waals surface area contributed by atoms with Gasteiger partial charge in [-0.05, 0) is 31.0 Å². The van der Waals surface area contributed by atoms with E-state index in [0.717, 1.165) is 0 Å². The number of nitrogens with zero attached hydrogens (tertiary/aromatic N) is 1. The fraction of sp³-hybridized carbons (Fsp3) is 0.429. The fourth-order valence-corrected chi connectivity index (χ4v) is 2.71. The Morgan fingerprint density at radius 3 is 2.57 bits per heavy atom. The number of anilines is 1. The van der Waals surface area contributed by atoms with E-state index in [0.29, 0.717) is 22.3 Å². The van der Waals surface area contributed by atoms with Gasteiger partial charge >= 0.3 is 6.03 Å². The molecule has 2 rings (SSSR count). The number of halogens is 2. The molecule has 3 amide bonds. The highest BCUT2D eigenvalue weighted by Gasteiger charge is 2.49. The van der Waals surface area contributed by atoms with Gasteiger partial charge in [-0.1, -0.05) is 29.8 Å². The molecule has 1 unspecified atom stereocenters. The largest absolute Gasteiger partial charge is 0.360 e. The fourth-order valence-electron chi connectivity index (χ4n) is 2.38. The van der Waals surface area contributed by atoms with Gasteiger partial charge in [-0.3, -0.25) is 4.79 Å². The predicted octanol–water partition coefficient (Wildman–Crippen LogP) is 1.89. The highest BCUT2D eigenvalue weighted by Crippen LogP contribution is 2.24. The van der Waals surface area contributed by atoms with E-state index in [1.54, 1.807) is 19.9 Å².